The van der Waals surface area contributed by atoms with Gasteiger partial charge in [-0.1, -0.05) is 68.9 Å². The number of rotatable bonds is 7. The number of alkyl carbamates (subject to hydrolysis) is 2. The maximum Gasteiger partial charge on any atom is 0.408 e. The van der Waals surface area contributed by atoms with E-state index in [4.69, 9.17) is 20.3 Å². The summed E-state index contributed by atoms with van der Waals surface area (Å²) >= 11 is 0. The molecular weight excluding hydrogens is 474 g/mol. The van der Waals surface area contributed by atoms with Gasteiger partial charge in [0.25, 0.3) is 0 Å². The molecule has 2 saturated carbocycles. The Morgan fingerprint density at radius 2 is 1.59 bits per heavy atom. The molecule has 9 heteroatoms. The molecule has 0 spiro atoms. The molecule has 2 aliphatic rings. The molecule has 37 heavy (non-hydrogen) atoms. The summed E-state index contributed by atoms with van der Waals surface area (Å²) in [5, 5.41) is 13.5. The molecule has 0 unspecified atom stereocenters. The first kappa shape index (κ1) is 30.4. The molecule has 2 aliphatic carbocycles. The summed E-state index contributed by atoms with van der Waals surface area (Å²) < 4.78 is 9.93. The van der Waals surface area contributed by atoms with E-state index < -0.39 is 29.8 Å². The Kier molecular flexibility index (Phi) is 12.2. The summed E-state index contributed by atoms with van der Waals surface area (Å²) in [5.41, 5.74) is 6.83. The monoisotopic (exact) mass is 519 g/mol. The van der Waals surface area contributed by atoms with Gasteiger partial charge in [-0.05, 0) is 57.9 Å². The van der Waals surface area contributed by atoms with Crippen molar-refractivity contribution in [1.29, 1.82) is 0 Å². The highest BCUT2D eigenvalue weighted by Gasteiger charge is 2.36. The number of nitrogens with one attached hydrogen (secondary N) is 2. The lowest BCUT2D eigenvalue weighted by atomic mass is 9.68. The lowest BCUT2D eigenvalue weighted by Gasteiger charge is -2.42. The molecule has 9 nitrogen and oxygen atoms in total. The van der Waals surface area contributed by atoms with Crippen LogP contribution >= 0.6 is 0 Å². The minimum atomic E-state index is -1.33. The number of carboxylic acid groups (broad SMARTS) is 1. The predicted octanol–water partition coefficient (Wildman–Crippen LogP) is 5.12. The second-order valence-electron chi connectivity index (χ2n) is 11.1. The van der Waals surface area contributed by atoms with Gasteiger partial charge in [-0.2, -0.15) is 0 Å². The average molecular weight is 520 g/mol. The summed E-state index contributed by atoms with van der Waals surface area (Å²) in [6.07, 6.45) is 12.3. The Morgan fingerprint density at radius 1 is 1.00 bits per heavy atom. The van der Waals surface area contributed by atoms with E-state index in [-0.39, 0.29) is 18.7 Å². The highest BCUT2D eigenvalue weighted by Crippen LogP contribution is 2.39. The predicted molar refractivity (Wildman–Crippen MR) is 142 cm³/mol. The van der Waals surface area contributed by atoms with Crippen LogP contribution in [-0.4, -0.2) is 47.0 Å². The van der Waals surface area contributed by atoms with Crippen LogP contribution in [0.3, 0.4) is 0 Å². The van der Waals surface area contributed by atoms with Gasteiger partial charge in [0.2, 0.25) is 0 Å². The summed E-state index contributed by atoms with van der Waals surface area (Å²) in [5.74, 6) is -0.439. The van der Waals surface area contributed by atoms with E-state index in [1.54, 1.807) is 32.9 Å². The molecule has 0 radical (unpaired) electrons. The molecule has 2 amide bonds. The van der Waals surface area contributed by atoms with E-state index in [0.717, 1.165) is 11.5 Å². The van der Waals surface area contributed by atoms with Crippen molar-refractivity contribution < 1.29 is 29.0 Å². The van der Waals surface area contributed by atoms with Crippen LogP contribution in [0.5, 0.6) is 0 Å². The number of carbonyl (C=O) groups excluding carboxylic acids is 2. The fourth-order valence-corrected chi connectivity index (χ4v) is 4.91. The lowest BCUT2D eigenvalue weighted by molar-refractivity contribution is -0.139. The van der Waals surface area contributed by atoms with Crippen LogP contribution in [0.4, 0.5) is 9.59 Å². The smallest absolute Gasteiger partial charge is 0.408 e. The number of nitrogens with two attached hydrogens (primary N) is 1. The Bertz CT molecular complexity index is 843. The molecule has 0 heterocycles. The first-order valence-corrected chi connectivity index (χ1v) is 13.4. The maximum absolute atomic E-state index is 11.6. The number of aliphatic carboxylic acids is 1. The number of benzene rings is 1. The van der Waals surface area contributed by atoms with E-state index in [2.05, 4.69) is 10.6 Å². The van der Waals surface area contributed by atoms with Gasteiger partial charge in [0.05, 0.1) is 6.54 Å². The zero-order valence-electron chi connectivity index (χ0n) is 22.6. The van der Waals surface area contributed by atoms with Gasteiger partial charge in [-0.15, -0.1) is 0 Å². The van der Waals surface area contributed by atoms with Crippen LogP contribution in [0.25, 0.3) is 0 Å². The van der Waals surface area contributed by atoms with Gasteiger partial charge < -0.3 is 30.9 Å². The van der Waals surface area contributed by atoms with E-state index in [9.17, 15) is 14.4 Å². The lowest BCUT2D eigenvalue weighted by Crippen LogP contribution is -2.49. The largest absolute Gasteiger partial charge is 0.480 e. The van der Waals surface area contributed by atoms with Crippen molar-refractivity contribution in [2.24, 2.45) is 11.7 Å². The van der Waals surface area contributed by atoms with Gasteiger partial charge in [-0.3, -0.25) is 0 Å². The molecule has 2 fully saturated rings. The van der Waals surface area contributed by atoms with Crippen molar-refractivity contribution in [3.05, 3.63) is 35.9 Å². The SMILES string of the molecule is CC(C)(C)OC(=O)N[C@H](CNC(=O)OCc1ccccc1)C(=O)O.NC1(C2CCCCC2)CCCCC1. The third-order valence-corrected chi connectivity index (χ3v) is 6.86. The maximum atomic E-state index is 11.6. The second-order valence-corrected chi connectivity index (χ2v) is 11.1. The van der Waals surface area contributed by atoms with Crippen LogP contribution in [0.2, 0.25) is 0 Å². The van der Waals surface area contributed by atoms with Crippen LogP contribution < -0.4 is 16.4 Å². The highest BCUT2D eigenvalue weighted by molar-refractivity contribution is 5.81. The van der Waals surface area contributed by atoms with Gasteiger partial charge in [-0.25, -0.2) is 14.4 Å². The van der Waals surface area contributed by atoms with Crippen molar-refractivity contribution in [1.82, 2.24) is 10.6 Å². The zero-order valence-corrected chi connectivity index (χ0v) is 22.6. The van der Waals surface area contributed by atoms with Crippen LogP contribution in [0.1, 0.15) is 90.5 Å². The van der Waals surface area contributed by atoms with E-state index in [1.807, 2.05) is 18.2 Å². The topological polar surface area (TPSA) is 140 Å². The van der Waals surface area contributed by atoms with Gasteiger partial charge in [0, 0.05) is 5.54 Å². The van der Waals surface area contributed by atoms with Crippen LogP contribution in [0, 0.1) is 5.92 Å². The Labute approximate surface area is 220 Å². The number of hydrogen-bond donors (Lipinski definition) is 4. The number of hydrogen-bond acceptors (Lipinski definition) is 6. The van der Waals surface area contributed by atoms with Crippen molar-refractivity contribution in [3.8, 4) is 0 Å². The molecule has 208 valence electrons. The minimum Gasteiger partial charge on any atom is -0.480 e. The van der Waals surface area contributed by atoms with E-state index in [1.165, 1.54) is 64.2 Å². The van der Waals surface area contributed by atoms with Crippen molar-refractivity contribution >= 4 is 18.2 Å². The number of amides is 2. The highest BCUT2D eigenvalue weighted by atomic mass is 16.6. The van der Waals surface area contributed by atoms with E-state index in [0.29, 0.717) is 0 Å². The number of carboxylic acids is 1. The minimum absolute atomic E-state index is 0.0594. The zero-order chi connectivity index (χ0) is 27.3. The second kappa shape index (κ2) is 14.8. The fraction of sp³-hybridized carbons (Fsp3) is 0.679. The average Bonchev–Trinajstić information content (AvgIpc) is 2.86. The number of ether oxygens (including phenoxy) is 2. The molecule has 3 rings (SSSR count). The van der Waals surface area contributed by atoms with Crippen molar-refractivity contribution in [3.63, 3.8) is 0 Å². The normalized spacial score (nSPS) is 18.4. The quantitative estimate of drug-likeness (QED) is 0.392. The van der Waals surface area contributed by atoms with Gasteiger partial charge in [0.15, 0.2) is 0 Å². The molecule has 0 aromatic heterocycles. The molecule has 1 aromatic carbocycles. The van der Waals surface area contributed by atoms with Gasteiger partial charge in [0.1, 0.15) is 18.2 Å². The molecule has 0 bridgehead atoms. The molecule has 0 aliphatic heterocycles. The summed E-state index contributed by atoms with van der Waals surface area (Å²) in [4.78, 5) is 34.3. The van der Waals surface area contributed by atoms with Crippen molar-refractivity contribution in [2.75, 3.05) is 6.54 Å². The Morgan fingerprint density at radius 3 is 2.16 bits per heavy atom. The first-order valence-electron chi connectivity index (χ1n) is 13.4. The molecule has 1 aromatic rings. The molecule has 1 atom stereocenters. The van der Waals surface area contributed by atoms with E-state index >= 15 is 0 Å². The Balaban J connectivity index is 0.000000308. The summed E-state index contributed by atoms with van der Waals surface area (Å²) in [7, 11) is 0. The third kappa shape index (κ3) is 11.9. The van der Waals surface area contributed by atoms with Crippen molar-refractivity contribution in [2.45, 2.75) is 109 Å². The molecule has 5 N–H and O–H groups in total. The van der Waals surface area contributed by atoms with Crippen LogP contribution in [-0.2, 0) is 20.9 Å². The van der Waals surface area contributed by atoms with Crippen LogP contribution in [0.15, 0.2) is 30.3 Å². The first-order chi connectivity index (χ1) is 17.5. The summed E-state index contributed by atoms with van der Waals surface area (Å²) in [6.45, 7) is 4.69. The summed E-state index contributed by atoms with van der Waals surface area (Å²) in [6, 6.07) is 7.70. The standard InChI is InChI=1S/C16H22N2O6.C12H23N/c1-16(2,3)24-15(22)18-12(13(19)20)9-17-14(21)23-10-11-7-5-4-6-8-11;13-12(9-5-2-6-10-12)11-7-3-1-4-8-11/h4-8,12H,9-10H2,1-3H3,(H,17,21)(H,18,22)(H,19,20);11H,1-10,13H2/t12-;/m1./s1. The Hall–Kier alpha value is -2.81. The molecule has 0 saturated heterocycles. The third-order valence-electron chi connectivity index (χ3n) is 6.86. The van der Waals surface area contributed by atoms with Gasteiger partial charge >= 0.3 is 18.2 Å². The molecular formula is C28H45N3O6. The number of carbonyl (C=O) groups is 3. The fourth-order valence-electron chi connectivity index (χ4n) is 4.91.